The summed E-state index contributed by atoms with van der Waals surface area (Å²) < 4.78 is 0. The number of nitrogens with zero attached hydrogens (tertiary/aromatic N) is 1. The molecule has 1 aliphatic carbocycles. The minimum atomic E-state index is 0.255. The predicted molar refractivity (Wildman–Crippen MR) is 67.0 cm³/mol. The van der Waals surface area contributed by atoms with Crippen molar-refractivity contribution in [2.24, 2.45) is 5.73 Å². The lowest BCUT2D eigenvalue weighted by Gasteiger charge is -2.41. The highest BCUT2D eigenvalue weighted by Gasteiger charge is 2.39. The molecule has 0 aromatic rings. The van der Waals surface area contributed by atoms with Gasteiger partial charge in [-0.15, -0.1) is 0 Å². The second-order valence-corrected chi connectivity index (χ2v) is 5.23. The third kappa shape index (κ3) is 3.46. The van der Waals surface area contributed by atoms with E-state index in [4.69, 9.17) is 5.73 Å². The molecule has 1 unspecified atom stereocenters. The molecule has 0 bridgehead atoms. The van der Waals surface area contributed by atoms with Crippen LogP contribution >= 0.6 is 0 Å². The lowest BCUT2D eigenvalue weighted by molar-refractivity contribution is 0.0895. The average molecular weight is 212 g/mol. The summed E-state index contributed by atoms with van der Waals surface area (Å²) in [6.45, 7) is 8.93. The summed E-state index contributed by atoms with van der Waals surface area (Å²) in [5.41, 5.74) is 6.24. The highest BCUT2D eigenvalue weighted by molar-refractivity contribution is 4.96. The number of hydrogen-bond acceptors (Lipinski definition) is 2. The van der Waals surface area contributed by atoms with E-state index >= 15 is 0 Å². The fourth-order valence-corrected chi connectivity index (χ4v) is 2.51. The maximum Gasteiger partial charge on any atom is 0.0306 e. The van der Waals surface area contributed by atoms with Gasteiger partial charge in [0.1, 0.15) is 0 Å². The molecular formula is C13H28N2. The average Bonchev–Trinajstić information content (AvgIpc) is 3.03. The molecular weight excluding hydrogens is 184 g/mol. The Kier molecular flexibility index (Phi) is 5.07. The molecule has 0 radical (unpaired) electrons. The lowest BCUT2D eigenvalue weighted by Crippen LogP contribution is -2.53. The van der Waals surface area contributed by atoms with E-state index in [1.807, 2.05) is 0 Å². The molecule has 2 heteroatoms. The van der Waals surface area contributed by atoms with Crippen LogP contribution in [0.2, 0.25) is 0 Å². The standard InChI is InChI=1S/C13H28N2/c1-4-6-10-15(12-7-8-12)13(3,11-14)9-5-2/h12H,4-11,14H2,1-3H3. The monoisotopic (exact) mass is 212 g/mol. The minimum Gasteiger partial charge on any atom is -0.329 e. The SMILES string of the molecule is CCCCN(C1CC1)C(C)(CN)CCC. The zero-order chi connectivity index (χ0) is 11.3. The van der Waals surface area contributed by atoms with Gasteiger partial charge in [-0.3, -0.25) is 4.90 Å². The molecule has 1 rings (SSSR count). The number of unbranched alkanes of at least 4 members (excludes halogenated alkanes) is 1. The fraction of sp³-hybridized carbons (Fsp3) is 1.00. The Bertz CT molecular complexity index is 177. The second-order valence-electron chi connectivity index (χ2n) is 5.23. The molecule has 0 amide bonds. The van der Waals surface area contributed by atoms with Gasteiger partial charge in [0.15, 0.2) is 0 Å². The quantitative estimate of drug-likeness (QED) is 0.670. The fourth-order valence-electron chi connectivity index (χ4n) is 2.51. The smallest absolute Gasteiger partial charge is 0.0306 e. The zero-order valence-electron chi connectivity index (χ0n) is 10.8. The van der Waals surface area contributed by atoms with Gasteiger partial charge < -0.3 is 5.73 Å². The van der Waals surface area contributed by atoms with E-state index in [2.05, 4.69) is 25.7 Å². The van der Waals surface area contributed by atoms with E-state index in [0.29, 0.717) is 0 Å². The highest BCUT2D eigenvalue weighted by Crippen LogP contribution is 2.34. The summed E-state index contributed by atoms with van der Waals surface area (Å²) in [4.78, 5) is 2.69. The normalized spacial score (nSPS) is 20.6. The van der Waals surface area contributed by atoms with Crippen molar-refractivity contribution < 1.29 is 0 Å². The molecule has 0 heterocycles. The van der Waals surface area contributed by atoms with E-state index in [0.717, 1.165) is 12.6 Å². The number of nitrogens with two attached hydrogens (primary N) is 1. The molecule has 1 atom stereocenters. The first-order valence-corrected chi connectivity index (χ1v) is 6.64. The van der Waals surface area contributed by atoms with Crippen molar-refractivity contribution in [3.8, 4) is 0 Å². The van der Waals surface area contributed by atoms with Gasteiger partial charge in [0, 0.05) is 18.1 Å². The molecule has 0 spiro atoms. The van der Waals surface area contributed by atoms with E-state index in [1.54, 1.807) is 0 Å². The highest BCUT2D eigenvalue weighted by atomic mass is 15.2. The van der Waals surface area contributed by atoms with Crippen molar-refractivity contribution in [2.75, 3.05) is 13.1 Å². The topological polar surface area (TPSA) is 29.3 Å². The maximum atomic E-state index is 5.99. The van der Waals surface area contributed by atoms with E-state index in [9.17, 15) is 0 Å². The van der Waals surface area contributed by atoms with Crippen molar-refractivity contribution in [3.63, 3.8) is 0 Å². The van der Waals surface area contributed by atoms with Crippen LogP contribution in [0.1, 0.15) is 59.3 Å². The van der Waals surface area contributed by atoms with Gasteiger partial charge in [-0.25, -0.2) is 0 Å². The third-order valence-electron chi connectivity index (χ3n) is 3.66. The van der Waals surface area contributed by atoms with Crippen LogP contribution in [0.15, 0.2) is 0 Å². The Morgan fingerprint density at radius 2 is 1.93 bits per heavy atom. The van der Waals surface area contributed by atoms with Crippen LogP contribution in [0.4, 0.5) is 0 Å². The summed E-state index contributed by atoms with van der Waals surface area (Å²) in [7, 11) is 0. The Morgan fingerprint density at radius 3 is 2.33 bits per heavy atom. The molecule has 2 nitrogen and oxygen atoms in total. The molecule has 0 aromatic heterocycles. The molecule has 0 aliphatic heterocycles. The van der Waals surface area contributed by atoms with Gasteiger partial charge in [0.25, 0.3) is 0 Å². The van der Waals surface area contributed by atoms with Crippen LogP contribution in [-0.2, 0) is 0 Å². The molecule has 90 valence electrons. The maximum absolute atomic E-state index is 5.99. The molecule has 1 aliphatic rings. The molecule has 15 heavy (non-hydrogen) atoms. The van der Waals surface area contributed by atoms with Crippen molar-refractivity contribution in [1.82, 2.24) is 4.90 Å². The van der Waals surface area contributed by atoms with Crippen LogP contribution < -0.4 is 5.73 Å². The molecule has 2 N–H and O–H groups in total. The van der Waals surface area contributed by atoms with E-state index in [1.165, 1.54) is 45.1 Å². The summed E-state index contributed by atoms with van der Waals surface area (Å²) in [6.07, 6.45) is 7.87. The predicted octanol–water partition coefficient (Wildman–Crippen LogP) is 2.77. The van der Waals surface area contributed by atoms with E-state index in [-0.39, 0.29) is 5.54 Å². The van der Waals surface area contributed by atoms with Gasteiger partial charge in [-0.2, -0.15) is 0 Å². The molecule has 0 saturated heterocycles. The van der Waals surface area contributed by atoms with Gasteiger partial charge >= 0.3 is 0 Å². The molecule has 1 fully saturated rings. The Labute approximate surface area is 95.2 Å². The molecule has 0 aromatic carbocycles. The van der Waals surface area contributed by atoms with Gasteiger partial charge in [0.2, 0.25) is 0 Å². The lowest BCUT2D eigenvalue weighted by atomic mass is 9.93. The van der Waals surface area contributed by atoms with Gasteiger partial charge in [-0.05, 0) is 39.2 Å². The van der Waals surface area contributed by atoms with Crippen LogP contribution in [-0.4, -0.2) is 29.6 Å². The first-order valence-electron chi connectivity index (χ1n) is 6.64. The van der Waals surface area contributed by atoms with Crippen molar-refractivity contribution >= 4 is 0 Å². The van der Waals surface area contributed by atoms with E-state index < -0.39 is 0 Å². The van der Waals surface area contributed by atoms with Crippen LogP contribution in [0.25, 0.3) is 0 Å². The van der Waals surface area contributed by atoms with Crippen molar-refractivity contribution in [2.45, 2.75) is 70.9 Å². The Morgan fingerprint density at radius 1 is 1.27 bits per heavy atom. The largest absolute Gasteiger partial charge is 0.329 e. The van der Waals surface area contributed by atoms with Crippen LogP contribution in [0, 0.1) is 0 Å². The first kappa shape index (κ1) is 13.0. The Balaban J connectivity index is 2.57. The number of hydrogen-bond donors (Lipinski definition) is 1. The summed E-state index contributed by atoms with van der Waals surface area (Å²) >= 11 is 0. The zero-order valence-corrected chi connectivity index (χ0v) is 10.8. The summed E-state index contributed by atoms with van der Waals surface area (Å²) in [5, 5.41) is 0. The molecule has 1 saturated carbocycles. The minimum absolute atomic E-state index is 0.255. The van der Waals surface area contributed by atoms with Gasteiger partial charge in [-0.1, -0.05) is 26.7 Å². The summed E-state index contributed by atoms with van der Waals surface area (Å²) in [6, 6.07) is 0.844. The van der Waals surface area contributed by atoms with Crippen molar-refractivity contribution in [3.05, 3.63) is 0 Å². The first-order chi connectivity index (χ1) is 7.18. The second kappa shape index (κ2) is 5.86. The van der Waals surface area contributed by atoms with Crippen LogP contribution in [0.5, 0.6) is 0 Å². The number of rotatable bonds is 8. The van der Waals surface area contributed by atoms with Crippen molar-refractivity contribution in [1.29, 1.82) is 0 Å². The third-order valence-corrected chi connectivity index (χ3v) is 3.66. The Hall–Kier alpha value is -0.0800. The van der Waals surface area contributed by atoms with Crippen LogP contribution in [0.3, 0.4) is 0 Å². The van der Waals surface area contributed by atoms with Gasteiger partial charge in [0.05, 0.1) is 0 Å². The summed E-state index contributed by atoms with van der Waals surface area (Å²) in [5.74, 6) is 0.